The molecule has 35 heavy (non-hydrogen) atoms. The average Bonchev–Trinajstić information content (AvgIpc) is 2.87. The number of halogens is 1. The highest BCUT2D eigenvalue weighted by atomic mass is 35.5. The van der Waals surface area contributed by atoms with Gasteiger partial charge in [-0.15, -0.1) is 0 Å². The van der Waals surface area contributed by atoms with E-state index in [-0.39, 0.29) is 30.4 Å². The van der Waals surface area contributed by atoms with Crippen molar-refractivity contribution in [2.75, 3.05) is 37.4 Å². The van der Waals surface area contributed by atoms with Gasteiger partial charge in [0.1, 0.15) is 11.6 Å². The molecular formula is C25H27ClN6O3. The van der Waals surface area contributed by atoms with Crippen molar-refractivity contribution in [3.8, 4) is 5.75 Å². The van der Waals surface area contributed by atoms with E-state index in [4.69, 9.17) is 16.3 Å². The van der Waals surface area contributed by atoms with Crippen LogP contribution in [0.4, 0.5) is 16.3 Å². The van der Waals surface area contributed by atoms with Gasteiger partial charge < -0.3 is 20.7 Å². The molecule has 0 spiro atoms. The van der Waals surface area contributed by atoms with Crippen LogP contribution in [0.25, 0.3) is 0 Å². The van der Waals surface area contributed by atoms with Gasteiger partial charge in [-0.05, 0) is 55.0 Å². The molecule has 3 aromatic rings. The summed E-state index contributed by atoms with van der Waals surface area (Å²) >= 11 is 5.93. The van der Waals surface area contributed by atoms with Crippen LogP contribution < -0.4 is 20.7 Å². The number of nitrogens with one attached hydrogen (secondary N) is 3. The lowest BCUT2D eigenvalue weighted by Crippen LogP contribution is -2.52. The summed E-state index contributed by atoms with van der Waals surface area (Å²) in [4.78, 5) is 36.1. The van der Waals surface area contributed by atoms with Crippen LogP contribution in [-0.2, 0) is 4.79 Å². The maximum Gasteiger partial charge on any atom is 0.319 e. The Kier molecular flexibility index (Phi) is 8.12. The zero-order valence-electron chi connectivity index (χ0n) is 19.3. The van der Waals surface area contributed by atoms with Crippen LogP contribution in [0.15, 0.2) is 67.0 Å². The molecule has 2 atom stereocenters. The summed E-state index contributed by atoms with van der Waals surface area (Å²) in [6, 6.07) is 15.6. The fourth-order valence-corrected chi connectivity index (χ4v) is 4.18. The number of pyridine rings is 2. The van der Waals surface area contributed by atoms with Crippen molar-refractivity contribution in [1.29, 1.82) is 0 Å². The summed E-state index contributed by atoms with van der Waals surface area (Å²) in [6.07, 6.45) is 3.95. The lowest BCUT2D eigenvalue weighted by atomic mass is 9.88. The minimum atomic E-state index is -0.308. The molecule has 1 aliphatic heterocycles. The van der Waals surface area contributed by atoms with Gasteiger partial charge in [0.2, 0.25) is 5.91 Å². The Morgan fingerprint density at radius 2 is 1.91 bits per heavy atom. The highest BCUT2D eigenvalue weighted by molar-refractivity contribution is 6.30. The SMILES string of the molecule is COc1ccc(C2CN(CC(=O)Nc3ccccn3)CCC2NC(=O)Nc2ccc(Cl)cc2)nc1. The topological polar surface area (TPSA) is 108 Å². The molecule has 2 aromatic heterocycles. The van der Waals surface area contributed by atoms with Gasteiger partial charge in [0.15, 0.2) is 0 Å². The smallest absolute Gasteiger partial charge is 0.319 e. The zero-order chi connectivity index (χ0) is 24.6. The van der Waals surface area contributed by atoms with Crippen molar-refractivity contribution >= 4 is 35.0 Å². The Morgan fingerprint density at radius 1 is 1.09 bits per heavy atom. The number of nitrogens with zero attached hydrogens (tertiary/aromatic N) is 3. The maximum atomic E-state index is 12.7. The second kappa shape index (κ2) is 11.6. The minimum absolute atomic E-state index is 0.117. The number of piperidine rings is 1. The summed E-state index contributed by atoms with van der Waals surface area (Å²) in [5.74, 6) is 0.910. The quantitative estimate of drug-likeness (QED) is 0.461. The van der Waals surface area contributed by atoms with Crippen molar-refractivity contribution in [3.63, 3.8) is 0 Å². The summed E-state index contributed by atoms with van der Waals surface area (Å²) in [7, 11) is 1.59. The number of carbonyl (C=O) groups is 2. The molecule has 3 heterocycles. The maximum absolute atomic E-state index is 12.7. The lowest BCUT2D eigenvalue weighted by molar-refractivity contribution is -0.117. The number of rotatable bonds is 7. The Labute approximate surface area is 208 Å². The van der Waals surface area contributed by atoms with E-state index in [0.717, 1.165) is 5.69 Å². The fourth-order valence-electron chi connectivity index (χ4n) is 4.06. The van der Waals surface area contributed by atoms with Crippen LogP contribution in [0.3, 0.4) is 0 Å². The van der Waals surface area contributed by atoms with Crippen molar-refractivity contribution in [2.24, 2.45) is 0 Å². The molecular weight excluding hydrogens is 468 g/mol. The first-order chi connectivity index (χ1) is 17.0. The van der Waals surface area contributed by atoms with E-state index in [1.54, 1.807) is 55.9 Å². The highest BCUT2D eigenvalue weighted by Crippen LogP contribution is 2.27. The Bertz CT molecular complexity index is 1130. The first-order valence-corrected chi connectivity index (χ1v) is 11.6. The minimum Gasteiger partial charge on any atom is -0.495 e. The number of likely N-dealkylation sites (tertiary alicyclic amines) is 1. The van der Waals surface area contributed by atoms with Crippen molar-refractivity contribution in [3.05, 3.63) is 77.7 Å². The van der Waals surface area contributed by atoms with Gasteiger partial charge in [-0.1, -0.05) is 17.7 Å². The van der Waals surface area contributed by atoms with E-state index in [1.165, 1.54) is 0 Å². The third-order valence-electron chi connectivity index (χ3n) is 5.79. The van der Waals surface area contributed by atoms with E-state index >= 15 is 0 Å². The molecule has 1 fully saturated rings. The fraction of sp³-hybridized carbons (Fsp3) is 0.280. The van der Waals surface area contributed by atoms with Gasteiger partial charge in [-0.2, -0.15) is 0 Å². The predicted molar refractivity (Wildman–Crippen MR) is 135 cm³/mol. The van der Waals surface area contributed by atoms with Gasteiger partial charge in [-0.3, -0.25) is 14.7 Å². The Hall–Kier alpha value is -3.69. The van der Waals surface area contributed by atoms with Gasteiger partial charge in [0.25, 0.3) is 0 Å². The summed E-state index contributed by atoms with van der Waals surface area (Å²) in [5, 5.41) is 9.34. The second-order valence-corrected chi connectivity index (χ2v) is 8.66. The van der Waals surface area contributed by atoms with Gasteiger partial charge in [0, 0.05) is 47.7 Å². The number of urea groups is 1. The first kappa shape index (κ1) is 24.4. The number of ether oxygens (including phenoxy) is 1. The lowest BCUT2D eigenvalue weighted by Gasteiger charge is -2.38. The van der Waals surface area contributed by atoms with E-state index in [1.807, 2.05) is 18.2 Å². The number of hydrogen-bond acceptors (Lipinski definition) is 6. The molecule has 2 unspecified atom stereocenters. The molecule has 0 radical (unpaired) electrons. The Balaban J connectivity index is 1.43. The van der Waals surface area contributed by atoms with Gasteiger partial charge >= 0.3 is 6.03 Å². The third kappa shape index (κ3) is 6.91. The number of hydrogen-bond donors (Lipinski definition) is 3. The molecule has 9 nitrogen and oxygen atoms in total. The van der Waals surface area contributed by atoms with Crippen molar-refractivity contribution in [1.82, 2.24) is 20.2 Å². The summed E-state index contributed by atoms with van der Waals surface area (Å²) < 4.78 is 5.23. The molecule has 0 saturated carbocycles. The van der Waals surface area contributed by atoms with Crippen molar-refractivity contribution in [2.45, 2.75) is 18.4 Å². The normalized spacial score (nSPS) is 17.9. The van der Waals surface area contributed by atoms with Gasteiger partial charge in [0.05, 0.1) is 19.9 Å². The second-order valence-electron chi connectivity index (χ2n) is 8.23. The predicted octanol–water partition coefficient (Wildman–Crippen LogP) is 3.76. The monoisotopic (exact) mass is 494 g/mol. The van der Waals surface area contributed by atoms with E-state index in [2.05, 4.69) is 30.8 Å². The average molecular weight is 495 g/mol. The van der Waals surface area contributed by atoms with Crippen molar-refractivity contribution < 1.29 is 14.3 Å². The molecule has 4 rings (SSSR count). The number of carbonyl (C=O) groups excluding carboxylic acids is 2. The first-order valence-electron chi connectivity index (χ1n) is 11.3. The van der Waals surface area contributed by atoms with E-state index in [0.29, 0.717) is 41.8 Å². The highest BCUT2D eigenvalue weighted by Gasteiger charge is 2.33. The number of anilines is 2. The standard InChI is InChI=1S/C25H27ClN6O3/c1-35-19-9-10-21(28-14-19)20-15-32(16-24(33)31-23-4-2-3-12-27-23)13-11-22(20)30-25(34)29-18-7-5-17(26)6-8-18/h2-10,12,14,20,22H,11,13,15-16H2,1H3,(H,27,31,33)(H2,29,30,34). The molecule has 1 aliphatic rings. The molecule has 0 bridgehead atoms. The molecule has 1 saturated heterocycles. The Morgan fingerprint density at radius 3 is 2.60 bits per heavy atom. The third-order valence-corrected chi connectivity index (χ3v) is 6.04. The van der Waals surface area contributed by atoms with Crippen LogP contribution in [0, 0.1) is 0 Å². The molecule has 0 aliphatic carbocycles. The van der Waals surface area contributed by atoms with E-state index in [9.17, 15) is 9.59 Å². The number of methoxy groups -OCH3 is 1. The van der Waals surface area contributed by atoms with Crippen LogP contribution in [-0.4, -0.2) is 59.6 Å². The summed E-state index contributed by atoms with van der Waals surface area (Å²) in [6.45, 7) is 1.42. The molecule has 1 aromatic carbocycles. The molecule has 3 amide bonds. The van der Waals surface area contributed by atoms with Gasteiger partial charge in [-0.25, -0.2) is 9.78 Å². The zero-order valence-corrected chi connectivity index (χ0v) is 20.0. The largest absolute Gasteiger partial charge is 0.495 e. The van der Waals surface area contributed by atoms with Crippen LogP contribution in [0.1, 0.15) is 18.0 Å². The van der Waals surface area contributed by atoms with Crippen LogP contribution >= 0.6 is 11.6 Å². The van der Waals surface area contributed by atoms with E-state index < -0.39 is 0 Å². The molecule has 182 valence electrons. The number of aromatic nitrogens is 2. The number of amides is 3. The van der Waals surface area contributed by atoms with Crippen LogP contribution in [0.2, 0.25) is 5.02 Å². The molecule has 3 N–H and O–H groups in total. The van der Waals surface area contributed by atoms with Crippen LogP contribution in [0.5, 0.6) is 5.75 Å². The number of benzene rings is 1. The molecule has 10 heteroatoms. The summed E-state index contributed by atoms with van der Waals surface area (Å²) in [5.41, 5.74) is 1.46.